The zero-order valence-electron chi connectivity index (χ0n) is 9.62. The molecular formula is C12H13BrN2O2. The molecule has 0 spiro atoms. The molecule has 2 N–H and O–H groups in total. The maximum absolute atomic E-state index is 11.9. The summed E-state index contributed by atoms with van der Waals surface area (Å²) in [6.07, 6.45) is 0.490. The van der Waals surface area contributed by atoms with Gasteiger partial charge in [0, 0.05) is 4.47 Å². The molecule has 0 saturated heterocycles. The molecule has 1 atom stereocenters. The molecule has 0 saturated carbocycles. The Balaban J connectivity index is 2.99. The van der Waals surface area contributed by atoms with Crippen LogP contribution < -0.4 is 5.32 Å². The number of amides is 1. The monoisotopic (exact) mass is 296 g/mol. The summed E-state index contributed by atoms with van der Waals surface area (Å²) in [6.45, 7) is 3.45. The Morgan fingerprint density at radius 1 is 1.65 bits per heavy atom. The number of nitrogens with zero attached hydrogens (tertiary/aromatic N) is 1. The number of hydrogen-bond donors (Lipinski definition) is 2. The molecule has 5 heteroatoms. The van der Waals surface area contributed by atoms with Crippen molar-refractivity contribution in [3.05, 3.63) is 28.2 Å². The number of carbonyl (C=O) groups is 1. The van der Waals surface area contributed by atoms with Gasteiger partial charge in [0.1, 0.15) is 11.3 Å². The van der Waals surface area contributed by atoms with Gasteiger partial charge in [0.2, 0.25) is 0 Å². The van der Waals surface area contributed by atoms with Crippen molar-refractivity contribution in [2.45, 2.75) is 25.8 Å². The Kier molecular flexibility index (Phi) is 4.13. The molecule has 1 aromatic rings. The van der Waals surface area contributed by atoms with Gasteiger partial charge in [-0.15, -0.1) is 0 Å². The van der Waals surface area contributed by atoms with E-state index in [2.05, 4.69) is 21.2 Å². The van der Waals surface area contributed by atoms with Gasteiger partial charge in [-0.2, -0.15) is 5.26 Å². The second-order valence-electron chi connectivity index (χ2n) is 3.91. The van der Waals surface area contributed by atoms with E-state index in [0.29, 0.717) is 10.9 Å². The SMILES string of the molecule is CCC(C)(C#N)NC(=O)c1cc(Br)ccc1O. The summed E-state index contributed by atoms with van der Waals surface area (Å²) in [5.74, 6) is -0.572. The number of benzene rings is 1. The molecule has 1 rings (SSSR count). The highest BCUT2D eigenvalue weighted by Gasteiger charge is 2.25. The Labute approximate surface area is 108 Å². The van der Waals surface area contributed by atoms with Gasteiger partial charge in [-0.25, -0.2) is 0 Å². The third-order valence-electron chi connectivity index (χ3n) is 2.55. The summed E-state index contributed by atoms with van der Waals surface area (Å²) in [4.78, 5) is 11.9. The summed E-state index contributed by atoms with van der Waals surface area (Å²) in [5, 5.41) is 21.1. The van der Waals surface area contributed by atoms with E-state index in [0.717, 1.165) is 0 Å². The summed E-state index contributed by atoms with van der Waals surface area (Å²) < 4.78 is 0.690. The fraction of sp³-hybridized carbons (Fsp3) is 0.333. The van der Waals surface area contributed by atoms with E-state index in [1.807, 2.05) is 13.0 Å². The van der Waals surface area contributed by atoms with E-state index >= 15 is 0 Å². The zero-order chi connectivity index (χ0) is 13.1. The molecule has 0 fully saturated rings. The molecular weight excluding hydrogens is 284 g/mol. The van der Waals surface area contributed by atoms with Crippen LogP contribution >= 0.6 is 15.9 Å². The molecule has 4 nitrogen and oxygen atoms in total. The first kappa shape index (κ1) is 13.5. The molecule has 90 valence electrons. The first-order chi connectivity index (χ1) is 7.91. The first-order valence-electron chi connectivity index (χ1n) is 5.14. The molecule has 0 heterocycles. The van der Waals surface area contributed by atoms with Crippen molar-refractivity contribution in [2.75, 3.05) is 0 Å². The Morgan fingerprint density at radius 3 is 2.82 bits per heavy atom. The van der Waals surface area contributed by atoms with Crippen LogP contribution in [-0.2, 0) is 0 Å². The van der Waals surface area contributed by atoms with Gasteiger partial charge >= 0.3 is 0 Å². The normalized spacial score (nSPS) is 13.5. The number of hydrogen-bond acceptors (Lipinski definition) is 3. The van der Waals surface area contributed by atoms with Gasteiger partial charge in [-0.05, 0) is 31.5 Å². The fourth-order valence-corrected chi connectivity index (χ4v) is 1.56. The second-order valence-corrected chi connectivity index (χ2v) is 4.83. The predicted molar refractivity (Wildman–Crippen MR) is 67.6 cm³/mol. The number of aromatic hydroxyl groups is 1. The van der Waals surface area contributed by atoms with E-state index < -0.39 is 11.4 Å². The molecule has 0 aliphatic carbocycles. The van der Waals surface area contributed by atoms with Crippen molar-refractivity contribution in [1.82, 2.24) is 5.32 Å². The summed E-state index contributed by atoms with van der Waals surface area (Å²) >= 11 is 3.22. The van der Waals surface area contributed by atoms with Crippen molar-refractivity contribution in [1.29, 1.82) is 5.26 Å². The van der Waals surface area contributed by atoms with Crippen LogP contribution in [0.1, 0.15) is 30.6 Å². The van der Waals surface area contributed by atoms with E-state index in [4.69, 9.17) is 5.26 Å². The number of nitrogens with one attached hydrogen (secondary N) is 1. The van der Waals surface area contributed by atoms with Crippen LogP contribution in [0.2, 0.25) is 0 Å². The van der Waals surface area contributed by atoms with E-state index in [9.17, 15) is 9.90 Å². The van der Waals surface area contributed by atoms with E-state index in [-0.39, 0.29) is 11.3 Å². The number of phenolic OH excluding ortho intramolecular Hbond substituents is 1. The van der Waals surface area contributed by atoms with Gasteiger partial charge in [-0.1, -0.05) is 22.9 Å². The molecule has 17 heavy (non-hydrogen) atoms. The van der Waals surface area contributed by atoms with Gasteiger partial charge in [-0.3, -0.25) is 4.79 Å². The summed E-state index contributed by atoms with van der Waals surface area (Å²) in [6, 6.07) is 6.61. The van der Waals surface area contributed by atoms with Crippen molar-refractivity contribution < 1.29 is 9.90 Å². The molecule has 0 aliphatic heterocycles. The smallest absolute Gasteiger partial charge is 0.256 e. The van der Waals surface area contributed by atoms with E-state index in [1.54, 1.807) is 13.0 Å². The fourth-order valence-electron chi connectivity index (χ4n) is 1.20. The molecule has 0 bridgehead atoms. The van der Waals surface area contributed by atoms with Gasteiger partial charge < -0.3 is 10.4 Å². The van der Waals surface area contributed by atoms with Crippen molar-refractivity contribution >= 4 is 21.8 Å². The molecule has 0 aliphatic rings. The third kappa shape index (κ3) is 3.21. The van der Waals surface area contributed by atoms with Crippen LogP contribution in [0.4, 0.5) is 0 Å². The average Bonchev–Trinajstić information content (AvgIpc) is 2.32. The molecule has 0 radical (unpaired) electrons. The Bertz CT molecular complexity index is 482. The minimum Gasteiger partial charge on any atom is -0.507 e. The molecule has 0 aromatic heterocycles. The summed E-state index contributed by atoms with van der Waals surface area (Å²) in [5.41, 5.74) is -0.777. The number of rotatable bonds is 3. The number of nitriles is 1. The second kappa shape index (κ2) is 5.19. The Hall–Kier alpha value is -1.54. The lowest BCUT2D eigenvalue weighted by Gasteiger charge is -2.21. The van der Waals surface area contributed by atoms with Crippen molar-refractivity contribution in [3.63, 3.8) is 0 Å². The third-order valence-corrected chi connectivity index (χ3v) is 3.04. The minimum atomic E-state index is -0.925. The van der Waals surface area contributed by atoms with Crippen LogP contribution in [0.15, 0.2) is 22.7 Å². The van der Waals surface area contributed by atoms with Gasteiger partial charge in [0.05, 0.1) is 11.6 Å². The van der Waals surface area contributed by atoms with Gasteiger partial charge in [0.25, 0.3) is 5.91 Å². The minimum absolute atomic E-state index is 0.109. The highest BCUT2D eigenvalue weighted by molar-refractivity contribution is 9.10. The van der Waals surface area contributed by atoms with Crippen LogP contribution in [0.25, 0.3) is 0 Å². The number of carbonyl (C=O) groups excluding carboxylic acids is 1. The predicted octanol–water partition coefficient (Wildman–Crippen LogP) is 2.58. The molecule has 1 amide bonds. The maximum atomic E-state index is 11.9. The highest BCUT2D eigenvalue weighted by atomic mass is 79.9. The standard InChI is InChI=1S/C12H13BrN2O2/c1-3-12(2,7-14)15-11(17)9-6-8(13)4-5-10(9)16/h4-6,16H,3H2,1-2H3,(H,15,17). The molecule has 1 aromatic carbocycles. The largest absolute Gasteiger partial charge is 0.507 e. The number of halogens is 1. The maximum Gasteiger partial charge on any atom is 0.256 e. The van der Waals surface area contributed by atoms with Crippen LogP contribution in [0.3, 0.4) is 0 Å². The zero-order valence-corrected chi connectivity index (χ0v) is 11.2. The quantitative estimate of drug-likeness (QED) is 0.900. The van der Waals surface area contributed by atoms with E-state index in [1.165, 1.54) is 12.1 Å². The lowest BCUT2D eigenvalue weighted by Crippen LogP contribution is -2.44. The summed E-state index contributed by atoms with van der Waals surface area (Å²) in [7, 11) is 0. The first-order valence-corrected chi connectivity index (χ1v) is 5.93. The molecule has 1 unspecified atom stereocenters. The number of phenols is 1. The Morgan fingerprint density at radius 2 is 2.29 bits per heavy atom. The lowest BCUT2D eigenvalue weighted by atomic mass is 10.0. The average molecular weight is 297 g/mol. The van der Waals surface area contributed by atoms with Crippen molar-refractivity contribution in [3.8, 4) is 11.8 Å². The van der Waals surface area contributed by atoms with Gasteiger partial charge in [0.15, 0.2) is 0 Å². The highest BCUT2D eigenvalue weighted by Crippen LogP contribution is 2.22. The van der Waals surface area contributed by atoms with Crippen LogP contribution in [0.5, 0.6) is 5.75 Å². The van der Waals surface area contributed by atoms with Crippen LogP contribution in [-0.4, -0.2) is 16.6 Å². The topological polar surface area (TPSA) is 73.1 Å². The van der Waals surface area contributed by atoms with Crippen molar-refractivity contribution in [2.24, 2.45) is 0 Å². The lowest BCUT2D eigenvalue weighted by molar-refractivity contribution is 0.0920. The van der Waals surface area contributed by atoms with Crippen LogP contribution in [0, 0.1) is 11.3 Å².